The SMILES string of the molecule is COc1ccccc1COC[C@H](O)Cn1nnc(-c2ccccc2)n1. The van der Waals surface area contributed by atoms with Gasteiger partial charge in [-0.1, -0.05) is 48.5 Å². The highest BCUT2D eigenvalue weighted by atomic mass is 16.5. The van der Waals surface area contributed by atoms with Gasteiger partial charge < -0.3 is 14.6 Å². The number of aromatic nitrogens is 4. The van der Waals surface area contributed by atoms with Crippen LogP contribution in [0.3, 0.4) is 0 Å². The zero-order valence-corrected chi connectivity index (χ0v) is 13.9. The van der Waals surface area contributed by atoms with E-state index in [4.69, 9.17) is 9.47 Å². The molecule has 2 aromatic carbocycles. The molecule has 1 N–H and O–H groups in total. The third-order valence-corrected chi connectivity index (χ3v) is 3.62. The predicted molar refractivity (Wildman–Crippen MR) is 91.9 cm³/mol. The molecule has 0 spiro atoms. The Morgan fingerprint density at radius 1 is 1.08 bits per heavy atom. The Morgan fingerprint density at radius 2 is 1.84 bits per heavy atom. The Labute approximate surface area is 145 Å². The smallest absolute Gasteiger partial charge is 0.204 e. The average molecular weight is 340 g/mol. The summed E-state index contributed by atoms with van der Waals surface area (Å²) in [5.41, 5.74) is 1.82. The van der Waals surface area contributed by atoms with Crippen molar-refractivity contribution in [1.29, 1.82) is 0 Å². The van der Waals surface area contributed by atoms with Crippen LogP contribution in [-0.2, 0) is 17.9 Å². The fourth-order valence-corrected chi connectivity index (χ4v) is 2.39. The highest BCUT2D eigenvalue weighted by molar-refractivity contribution is 5.52. The maximum absolute atomic E-state index is 10.1. The van der Waals surface area contributed by atoms with Gasteiger partial charge in [-0.2, -0.15) is 4.80 Å². The molecule has 0 saturated heterocycles. The van der Waals surface area contributed by atoms with Gasteiger partial charge in [0, 0.05) is 11.1 Å². The molecule has 3 rings (SSSR count). The first-order valence-electron chi connectivity index (χ1n) is 7.97. The lowest BCUT2D eigenvalue weighted by atomic mass is 10.2. The molecule has 0 fully saturated rings. The molecule has 0 aliphatic rings. The van der Waals surface area contributed by atoms with Gasteiger partial charge in [-0.3, -0.25) is 0 Å². The second-order valence-electron chi connectivity index (χ2n) is 5.51. The van der Waals surface area contributed by atoms with Crippen molar-refractivity contribution in [3.63, 3.8) is 0 Å². The van der Waals surface area contributed by atoms with Gasteiger partial charge in [0.15, 0.2) is 0 Å². The summed E-state index contributed by atoms with van der Waals surface area (Å²) < 4.78 is 10.8. The van der Waals surface area contributed by atoms with Crippen molar-refractivity contribution in [3.05, 3.63) is 60.2 Å². The van der Waals surface area contributed by atoms with E-state index in [1.54, 1.807) is 7.11 Å². The normalized spacial score (nSPS) is 12.1. The number of rotatable bonds is 8. The fraction of sp³-hybridized carbons (Fsp3) is 0.278. The van der Waals surface area contributed by atoms with Crippen molar-refractivity contribution in [2.75, 3.05) is 13.7 Å². The van der Waals surface area contributed by atoms with Gasteiger partial charge in [0.25, 0.3) is 0 Å². The number of tetrazole rings is 1. The highest BCUT2D eigenvalue weighted by Crippen LogP contribution is 2.18. The predicted octanol–water partition coefficient (Wildman–Crippen LogP) is 1.93. The molecule has 130 valence electrons. The van der Waals surface area contributed by atoms with Gasteiger partial charge in [-0.05, 0) is 11.3 Å². The van der Waals surface area contributed by atoms with E-state index in [0.29, 0.717) is 12.4 Å². The molecule has 0 unspecified atom stereocenters. The summed E-state index contributed by atoms with van der Waals surface area (Å²) in [6.45, 7) is 0.743. The minimum absolute atomic E-state index is 0.167. The van der Waals surface area contributed by atoms with E-state index in [9.17, 15) is 5.11 Å². The van der Waals surface area contributed by atoms with Gasteiger partial charge in [-0.25, -0.2) is 0 Å². The van der Waals surface area contributed by atoms with Crippen molar-refractivity contribution >= 4 is 0 Å². The van der Waals surface area contributed by atoms with E-state index in [2.05, 4.69) is 15.4 Å². The maximum atomic E-state index is 10.1. The molecule has 1 heterocycles. The van der Waals surface area contributed by atoms with E-state index in [1.165, 1.54) is 4.80 Å². The second-order valence-corrected chi connectivity index (χ2v) is 5.51. The Morgan fingerprint density at radius 3 is 2.64 bits per heavy atom. The van der Waals surface area contributed by atoms with Crippen LogP contribution in [0.4, 0.5) is 0 Å². The monoisotopic (exact) mass is 340 g/mol. The second kappa shape index (κ2) is 8.36. The van der Waals surface area contributed by atoms with Crippen LogP contribution in [0, 0.1) is 0 Å². The van der Waals surface area contributed by atoms with Gasteiger partial charge in [-0.15, -0.1) is 10.2 Å². The molecule has 3 aromatic rings. The molecule has 7 heteroatoms. The molecule has 0 aliphatic carbocycles. The van der Waals surface area contributed by atoms with Crippen molar-refractivity contribution in [2.45, 2.75) is 19.3 Å². The van der Waals surface area contributed by atoms with Crippen LogP contribution in [0.5, 0.6) is 5.75 Å². The summed E-state index contributed by atoms with van der Waals surface area (Å²) in [6.07, 6.45) is -0.729. The van der Waals surface area contributed by atoms with Crippen molar-refractivity contribution in [1.82, 2.24) is 20.2 Å². The summed E-state index contributed by atoms with van der Waals surface area (Å²) in [4.78, 5) is 1.37. The standard InChI is InChI=1S/C18H20N4O3/c1-24-17-10-6-5-9-15(17)12-25-13-16(23)11-22-20-18(19-21-22)14-7-3-2-4-8-14/h2-10,16,23H,11-13H2,1H3/t16-/m1/s1. The topological polar surface area (TPSA) is 82.3 Å². The first-order valence-corrected chi connectivity index (χ1v) is 7.97. The molecule has 1 atom stereocenters. The molecule has 7 nitrogen and oxygen atoms in total. The third kappa shape index (κ3) is 4.62. The number of ether oxygens (including phenoxy) is 2. The first kappa shape index (κ1) is 17.1. The molecular weight excluding hydrogens is 320 g/mol. The molecule has 0 amide bonds. The number of hydrogen-bond donors (Lipinski definition) is 1. The van der Waals surface area contributed by atoms with E-state index in [0.717, 1.165) is 16.9 Å². The summed E-state index contributed by atoms with van der Waals surface area (Å²) in [6, 6.07) is 17.2. The van der Waals surface area contributed by atoms with Crippen LogP contribution in [0.25, 0.3) is 11.4 Å². The summed E-state index contributed by atoms with van der Waals surface area (Å²) in [7, 11) is 1.62. The van der Waals surface area contributed by atoms with Crippen LogP contribution in [0.15, 0.2) is 54.6 Å². The van der Waals surface area contributed by atoms with Gasteiger partial charge in [0.1, 0.15) is 5.75 Å². The lowest BCUT2D eigenvalue weighted by Crippen LogP contribution is -2.23. The molecule has 0 aliphatic heterocycles. The summed E-state index contributed by atoms with van der Waals surface area (Å²) in [5.74, 6) is 1.30. The lowest BCUT2D eigenvalue weighted by Gasteiger charge is -2.12. The zero-order chi connectivity index (χ0) is 17.5. The Kier molecular flexibility index (Phi) is 5.71. The molecule has 0 saturated carbocycles. The molecule has 0 bridgehead atoms. The van der Waals surface area contributed by atoms with E-state index >= 15 is 0 Å². The maximum Gasteiger partial charge on any atom is 0.204 e. The molecular formula is C18H20N4O3. The van der Waals surface area contributed by atoms with E-state index < -0.39 is 6.10 Å². The van der Waals surface area contributed by atoms with Crippen LogP contribution in [-0.4, -0.2) is 45.1 Å². The van der Waals surface area contributed by atoms with E-state index in [-0.39, 0.29) is 13.2 Å². The minimum atomic E-state index is -0.729. The van der Waals surface area contributed by atoms with Crippen LogP contribution in [0.1, 0.15) is 5.56 Å². The Balaban J connectivity index is 1.50. The third-order valence-electron chi connectivity index (χ3n) is 3.62. The van der Waals surface area contributed by atoms with Crippen LogP contribution in [0.2, 0.25) is 0 Å². The quantitative estimate of drug-likeness (QED) is 0.675. The highest BCUT2D eigenvalue weighted by Gasteiger charge is 2.11. The molecule has 1 aromatic heterocycles. The number of hydrogen-bond acceptors (Lipinski definition) is 6. The summed E-state index contributed by atoms with van der Waals surface area (Å²) >= 11 is 0. The minimum Gasteiger partial charge on any atom is -0.496 e. The largest absolute Gasteiger partial charge is 0.496 e. The Bertz CT molecular complexity index is 792. The van der Waals surface area contributed by atoms with Gasteiger partial charge in [0.05, 0.1) is 33.0 Å². The van der Waals surface area contributed by atoms with E-state index in [1.807, 2.05) is 54.6 Å². The number of para-hydroxylation sites is 1. The first-order chi connectivity index (χ1) is 12.3. The fourth-order valence-electron chi connectivity index (χ4n) is 2.39. The van der Waals surface area contributed by atoms with Gasteiger partial charge in [0.2, 0.25) is 5.82 Å². The van der Waals surface area contributed by atoms with Crippen molar-refractivity contribution in [2.24, 2.45) is 0 Å². The number of nitrogens with zero attached hydrogens (tertiary/aromatic N) is 4. The molecule has 25 heavy (non-hydrogen) atoms. The van der Waals surface area contributed by atoms with Crippen LogP contribution < -0.4 is 4.74 Å². The number of benzene rings is 2. The zero-order valence-electron chi connectivity index (χ0n) is 13.9. The number of methoxy groups -OCH3 is 1. The lowest BCUT2D eigenvalue weighted by molar-refractivity contribution is 0.0159. The average Bonchev–Trinajstić information content (AvgIpc) is 3.11. The van der Waals surface area contributed by atoms with Crippen LogP contribution >= 0.6 is 0 Å². The molecule has 0 radical (unpaired) electrons. The van der Waals surface area contributed by atoms with Gasteiger partial charge >= 0.3 is 0 Å². The summed E-state index contributed by atoms with van der Waals surface area (Å²) in [5, 5.41) is 22.3. The van der Waals surface area contributed by atoms with Crippen molar-refractivity contribution < 1.29 is 14.6 Å². The Hall–Kier alpha value is -2.77. The number of aliphatic hydroxyl groups excluding tert-OH is 1. The number of aliphatic hydroxyl groups is 1. The van der Waals surface area contributed by atoms with Crippen molar-refractivity contribution in [3.8, 4) is 17.1 Å².